The van der Waals surface area contributed by atoms with Crippen molar-refractivity contribution in [1.82, 2.24) is 5.32 Å². The van der Waals surface area contributed by atoms with Gasteiger partial charge >= 0.3 is 0 Å². The van der Waals surface area contributed by atoms with Crippen molar-refractivity contribution in [3.8, 4) is 0 Å². The summed E-state index contributed by atoms with van der Waals surface area (Å²) in [5, 5.41) is 3.77. The van der Waals surface area contributed by atoms with Crippen LogP contribution >= 0.6 is 0 Å². The molecular weight excluding hydrogens is 258 g/mol. The molecular formula is C19H21NO. The van der Waals surface area contributed by atoms with Crippen LogP contribution in [0.2, 0.25) is 0 Å². The maximum Gasteiger partial charge on any atom is 0.126 e. The van der Waals surface area contributed by atoms with E-state index in [1.165, 1.54) is 17.5 Å². The second kappa shape index (κ2) is 4.97. The number of hydrogen-bond acceptors (Lipinski definition) is 2. The molecule has 0 spiro atoms. The van der Waals surface area contributed by atoms with Gasteiger partial charge in [0, 0.05) is 25.0 Å². The summed E-state index contributed by atoms with van der Waals surface area (Å²) in [5.74, 6) is 0.868. The van der Waals surface area contributed by atoms with E-state index >= 15 is 0 Å². The molecule has 2 aliphatic rings. The Morgan fingerprint density at radius 2 is 1.57 bits per heavy atom. The first-order valence-electron chi connectivity index (χ1n) is 7.77. The third kappa shape index (κ3) is 1.94. The van der Waals surface area contributed by atoms with Crippen molar-refractivity contribution in [2.75, 3.05) is 7.11 Å². The first-order valence-corrected chi connectivity index (χ1v) is 7.77. The lowest BCUT2D eigenvalue weighted by atomic mass is 9.70. The third-order valence-corrected chi connectivity index (χ3v) is 5.26. The smallest absolute Gasteiger partial charge is 0.126 e. The van der Waals surface area contributed by atoms with E-state index in [1.807, 2.05) is 7.11 Å². The minimum atomic E-state index is -0.202. The molecule has 2 heteroatoms. The lowest BCUT2D eigenvalue weighted by Crippen LogP contribution is -2.43. The van der Waals surface area contributed by atoms with E-state index in [-0.39, 0.29) is 5.72 Å². The molecule has 2 aromatic rings. The largest absolute Gasteiger partial charge is 0.363 e. The van der Waals surface area contributed by atoms with E-state index in [0.717, 1.165) is 6.42 Å². The molecule has 0 radical (unpaired) electrons. The molecule has 2 saturated heterocycles. The van der Waals surface area contributed by atoms with Crippen molar-refractivity contribution in [2.45, 2.75) is 36.4 Å². The van der Waals surface area contributed by atoms with Crippen LogP contribution < -0.4 is 5.32 Å². The summed E-state index contributed by atoms with van der Waals surface area (Å²) in [6.45, 7) is 0. The Morgan fingerprint density at radius 1 is 0.952 bits per heavy atom. The number of hydrogen-bond donors (Lipinski definition) is 1. The molecule has 2 aliphatic heterocycles. The highest BCUT2D eigenvalue weighted by atomic mass is 16.5. The quantitative estimate of drug-likeness (QED) is 0.925. The molecule has 2 heterocycles. The number of ether oxygens (including phenoxy) is 1. The fraction of sp³-hybridized carbons (Fsp3) is 0.368. The highest BCUT2D eigenvalue weighted by Crippen LogP contribution is 2.55. The van der Waals surface area contributed by atoms with Gasteiger partial charge in [-0.15, -0.1) is 0 Å². The first-order chi connectivity index (χ1) is 10.3. The van der Waals surface area contributed by atoms with Crippen LogP contribution in [0.3, 0.4) is 0 Å². The standard InChI is InChI=1S/C19H21NO/c1-21-19-13-12-16(20-19)17(14-8-4-2-5-9-14)18(19)15-10-6-3-7-11-15/h2-11,16-18,20H,12-13H2,1H3/t16-,17+,18-,19-/m0/s1. The molecule has 0 aromatic heterocycles. The molecule has 2 nitrogen and oxygen atoms in total. The Balaban J connectivity index is 1.82. The summed E-state index contributed by atoms with van der Waals surface area (Å²) < 4.78 is 6.00. The summed E-state index contributed by atoms with van der Waals surface area (Å²) in [4.78, 5) is 0. The molecule has 21 heavy (non-hydrogen) atoms. The highest BCUT2D eigenvalue weighted by molar-refractivity contribution is 5.37. The van der Waals surface area contributed by atoms with Crippen LogP contribution in [0, 0.1) is 0 Å². The molecule has 2 fully saturated rings. The number of nitrogens with one attached hydrogen (secondary N) is 1. The van der Waals surface area contributed by atoms with E-state index in [0.29, 0.717) is 17.9 Å². The molecule has 0 saturated carbocycles. The fourth-order valence-corrected chi connectivity index (χ4v) is 4.39. The van der Waals surface area contributed by atoms with Crippen LogP contribution in [0.1, 0.15) is 35.8 Å². The summed E-state index contributed by atoms with van der Waals surface area (Å²) in [6, 6.07) is 22.2. The molecule has 0 amide bonds. The molecule has 2 bridgehead atoms. The van der Waals surface area contributed by atoms with Gasteiger partial charge in [-0.2, -0.15) is 0 Å². The number of fused-ring (bicyclic) bond motifs is 2. The average molecular weight is 279 g/mol. The van der Waals surface area contributed by atoms with Gasteiger partial charge in [0.15, 0.2) is 0 Å². The van der Waals surface area contributed by atoms with Gasteiger partial charge in [-0.3, -0.25) is 5.32 Å². The molecule has 4 rings (SSSR count). The Kier molecular flexibility index (Phi) is 3.09. The first kappa shape index (κ1) is 13.1. The number of benzene rings is 2. The van der Waals surface area contributed by atoms with E-state index < -0.39 is 0 Å². The normalized spacial score (nSPS) is 34.2. The van der Waals surface area contributed by atoms with Gasteiger partial charge in [-0.05, 0) is 24.0 Å². The summed E-state index contributed by atoms with van der Waals surface area (Å²) in [7, 11) is 1.85. The zero-order valence-electron chi connectivity index (χ0n) is 12.3. The topological polar surface area (TPSA) is 21.3 Å². The van der Waals surface area contributed by atoms with Crippen molar-refractivity contribution >= 4 is 0 Å². The molecule has 0 unspecified atom stereocenters. The van der Waals surface area contributed by atoms with Crippen LogP contribution in [-0.4, -0.2) is 18.9 Å². The minimum absolute atomic E-state index is 0.202. The summed E-state index contributed by atoms with van der Waals surface area (Å²) in [5.41, 5.74) is 2.59. The van der Waals surface area contributed by atoms with Gasteiger partial charge in [0.05, 0.1) is 0 Å². The Morgan fingerprint density at radius 3 is 2.19 bits per heavy atom. The lowest BCUT2D eigenvalue weighted by molar-refractivity contribution is -0.0352. The van der Waals surface area contributed by atoms with E-state index in [1.54, 1.807) is 0 Å². The van der Waals surface area contributed by atoms with Crippen LogP contribution in [0.15, 0.2) is 60.7 Å². The van der Waals surface area contributed by atoms with Crippen molar-refractivity contribution in [2.24, 2.45) is 0 Å². The van der Waals surface area contributed by atoms with Crippen LogP contribution in [0.5, 0.6) is 0 Å². The summed E-state index contributed by atoms with van der Waals surface area (Å²) in [6.07, 6.45) is 2.29. The lowest BCUT2D eigenvalue weighted by Gasteiger charge is -2.37. The van der Waals surface area contributed by atoms with Gasteiger partial charge in [-0.25, -0.2) is 0 Å². The highest BCUT2D eigenvalue weighted by Gasteiger charge is 2.58. The van der Waals surface area contributed by atoms with Gasteiger partial charge in [-0.1, -0.05) is 60.7 Å². The van der Waals surface area contributed by atoms with Gasteiger partial charge in [0.25, 0.3) is 0 Å². The van der Waals surface area contributed by atoms with Crippen molar-refractivity contribution < 1.29 is 4.74 Å². The van der Waals surface area contributed by atoms with E-state index in [2.05, 4.69) is 66.0 Å². The predicted octanol–water partition coefficient (Wildman–Crippen LogP) is 3.66. The Hall–Kier alpha value is -1.64. The SMILES string of the molecule is CO[C@]12CC[C@H](N1)[C@@H](c1ccccc1)[C@@H]2c1ccccc1. The molecule has 4 atom stereocenters. The molecule has 2 aromatic carbocycles. The van der Waals surface area contributed by atoms with Gasteiger partial charge < -0.3 is 4.74 Å². The van der Waals surface area contributed by atoms with Gasteiger partial charge in [0.1, 0.15) is 5.72 Å². The maximum atomic E-state index is 6.00. The zero-order chi connectivity index (χ0) is 14.3. The van der Waals surface area contributed by atoms with E-state index in [9.17, 15) is 0 Å². The zero-order valence-corrected chi connectivity index (χ0v) is 12.3. The van der Waals surface area contributed by atoms with Crippen LogP contribution in [-0.2, 0) is 4.74 Å². The molecule has 0 aliphatic carbocycles. The van der Waals surface area contributed by atoms with Crippen LogP contribution in [0.25, 0.3) is 0 Å². The Bertz CT molecular complexity index is 612. The predicted molar refractivity (Wildman–Crippen MR) is 84.3 cm³/mol. The van der Waals surface area contributed by atoms with Crippen molar-refractivity contribution in [1.29, 1.82) is 0 Å². The second-order valence-corrected chi connectivity index (χ2v) is 6.21. The van der Waals surface area contributed by atoms with Crippen LogP contribution in [0.4, 0.5) is 0 Å². The number of rotatable bonds is 3. The fourth-order valence-electron chi connectivity index (χ4n) is 4.39. The number of methoxy groups -OCH3 is 1. The maximum absolute atomic E-state index is 6.00. The second-order valence-electron chi connectivity index (χ2n) is 6.21. The third-order valence-electron chi connectivity index (χ3n) is 5.26. The molecule has 108 valence electrons. The van der Waals surface area contributed by atoms with Crippen molar-refractivity contribution in [3.63, 3.8) is 0 Å². The minimum Gasteiger partial charge on any atom is -0.363 e. The van der Waals surface area contributed by atoms with Crippen molar-refractivity contribution in [3.05, 3.63) is 71.8 Å². The molecule has 1 N–H and O–H groups in total. The summed E-state index contributed by atoms with van der Waals surface area (Å²) >= 11 is 0. The van der Waals surface area contributed by atoms with E-state index in [4.69, 9.17) is 4.74 Å². The monoisotopic (exact) mass is 279 g/mol. The Labute approximate surface area is 126 Å². The van der Waals surface area contributed by atoms with Gasteiger partial charge in [0.2, 0.25) is 0 Å². The average Bonchev–Trinajstić information content (AvgIpc) is 3.13.